The maximum atomic E-state index is 13.1. The van der Waals surface area contributed by atoms with Crippen molar-refractivity contribution in [2.75, 3.05) is 19.0 Å². The van der Waals surface area contributed by atoms with Crippen LogP contribution in [0.5, 0.6) is 0 Å². The Hall–Kier alpha value is -1.85. The Bertz CT molecular complexity index is 766. The van der Waals surface area contributed by atoms with Crippen LogP contribution in [0.2, 0.25) is 0 Å². The molecule has 2 aromatic rings. The van der Waals surface area contributed by atoms with Crippen LogP contribution in [0.3, 0.4) is 0 Å². The van der Waals surface area contributed by atoms with Gasteiger partial charge in [-0.3, -0.25) is 4.90 Å². The SMILES string of the molecule is C[N+]1(C)C2CCC1CC(OC(=O)N(Cc1ccccc1)c1ccccc1)C2.[Br-]. The zero-order valence-electron chi connectivity index (χ0n) is 16.6. The first-order valence-corrected chi connectivity index (χ1v) is 9.94. The Kier molecular flexibility index (Phi) is 6.46. The molecule has 28 heavy (non-hydrogen) atoms. The molecular weight excluding hydrogens is 416 g/mol. The number of carbonyl (C=O) groups is 1. The van der Waals surface area contributed by atoms with Gasteiger partial charge in [0.25, 0.3) is 0 Å². The Morgan fingerprint density at radius 3 is 2.07 bits per heavy atom. The molecular formula is C23H29BrN2O2. The molecule has 5 heteroatoms. The smallest absolute Gasteiger partial charge is 0.414 e. The van der Waals surface area contributed by atoms with Gasteiger partial charge in [-0.15, -0.1) is 0 Å². The first kappa shape index (κ1) is 20.9. The largest absolute Gasteiger partial charge is 1.00 e. The minimum absolute atomic E-state index is 0. The van der Waals surface area contributed by atoms with E-state index in [-0.39, 0.29) is 29.2 Å². The lowest BCUT2D eigenvalue weighted by Crippen LogP contribution is -3.00. The van der Waals surface area contributed by atoms with Gasteiger partial charge in [0.1, 0.15) is 6.10 Å². The second-order valence-electron chi connectivity index (χ2n) is 8.40. The van der Waals surface area contributed by atoms with Crippen molar-refractivity contribution in [3.8, 4) is 0 Å². The number of quaternary nitrogens is 1. The molecule has 2 aliphatic rings. The summed E-state index contributed by atoms with van der Waals surface area (Å²) in [5.74, 6) is 0. The van der Waals surface area contributed by atoms with E-state index in [1.807, 2.05) is 60.7 Å². The summed E-state index contributed by atoms with van der Waals surface area (Å²) in [6.07, 6.45) is 4.24. The summed E-state index contributed by atoms with van der Waals surface area (Å²) in [6, 6.07) is 21.1. The second kappa shape index (κ2) is 8.66. The van der Waals surface area contributed by atoms with Gasteiger partial charge in [-0.1, -0.05) is 48.5 Å². The average Bonchev–Trinajstić information content (AvgIpc) is 2.85. The zero-order chi connectivity index (χ0) is 18.9. The number of rotatable bonds is 4. The van der Waals surface area contributed by atoms with Crippen molar-refractivity contribution in [3.05, 3.63) is 66.2 Å². The highest BCUT2D eigenvalue weighted by atomic mass is 79.9. The van der Waals surface area contributed by atoms with Gasteiger partial charge in [-0.05, 0) is 17.7 Å². The van der Waals surface area contributed by atoms with Crippen LogP contribution in [0.25, 0.3) is 0 Å². The number of ether oxygens (including phenoxy) is 1. The molecule has 150 valence electrons. The van der Waals surface area contributed by atoms with Crippen molar-refractivity contribution in [1.82, 2.24) is 0 Å². The third-order valence-corrected chi connectivity index (χ3v) is 6.52. The van der Waals surface area contributed by atoms with Crippen LogP contribution in [0, 0.1) is 0 Å². The fraction of sp³-hybridized carbons (Fsp3) is 0.435. The molecule has 2 aliphatic heterocycles. The Morgan fingerprint density at radius 1 is 0.964 bits per heavy atom. The highest BCUT2D eigenvalue weighted by Gasteiger charge is 2.50. The number of benzene rings is 2. The van der Waals surface area contributed by atoms with E-state index in [1.54, 1.807) is 4.90 Å². The number of piperidine rings is 1. The monoisotopic (exact) mass is 444 g/mol. The molecule has 2 fully saturated rings. The predicted molar refractivity (Wildman–Crippen MR) is 107 cm³/mol. The van der Waals surface area contributed by atoms with Crippen molar-refractivity contribution < 1.29 is 31.0 Å². The van der Waals surface area contributed by atoms with E-state index in [1.165, 1.54) is 12.8 Å². The van der Waals surface area contributed by atoms with E-state index in [2.05, 4.69) is 14.1 Å². The molecule has 2 bridgehead atoms. The van der Waals surface area contributed by atoms with E-state index < -0.39 is 0 Å². The molecule has 0 N–H and O–H groups in total. The molecule has 4 nitrogen and oxygen atoms in total. The molecule has 0 spiro atoms. The van der Waals surface area contributed by atoms with Crippen LogP contribution in [0.15, 0.2) is 60.7 Å². The standard InChI is InChI=1S/C23H29N2O2.BrH/c1-25(2)20-13-14-21(25)16-22(15-20)27-23(26)24(19-11-7-4-8-12-19)17-18-9-5-3-6-10-18;/h3-12,20-22H,13-17H2,1-2H3;1H/q+1;/p-1. The molecule has 0 radical (unpaired) electrons. The maximum absolute atomic E-state index is 13.1. The van der Waals surface area contributed by atoms with E-state index >= 15 is 0 Å². The molecule has 0 aromatic heterocycles. The third-order valence-electron chi connectivity index (χ3n) is 6.52. The van der Waals surface area contributed by atoms with Gasteiger partial charge < -0.3 is 26.2 Å². The highest BCUT2D eigenvalue weighted by Crippen LogP contribution is 2.40. The third kappa shape index (κ3) is 4.26. The van der Waals surface area contributed by atoms with Crippen LogP contribution in [-0.4, -0.2) is 42.9 Å². The zero-order valence-corrected chi connectivity index (χ0v) is 18.2. The lowest BCUT2D eigenvalue weighted by molar-refractivity contribution is -0.931. The quantitative estimate of drug-likeness (QED) is 0.670. The molecule has 2 unspecified atom stereocenters. The topological polar surface area (TPSA) is 29.5 Å². The molecule has 0 aliphatic carbocycles. The molecule has 4 rings (SSSR count). The van der Waals surface area contributed by atoms with E-state index in [4.69, 9.17) is 4.74 Å². The Labute approximate surface area is 178 Å². The van der Waals surface area contributed by atoms with Crippen LogP contribution >= 0.6 is 0 Å². The maximum Gasteiger partial charge on any atom is 0.414 e. The fourth-order valence-corrected chi connectivity index (χ4v) is 4.77. The number of fused-ring (bicyclic) bond motifs is 2. The number of carbonyl (C=O) groups excluding carboxylic acids is 1. The van der Waals surface area contributed by atoms with Gasteiger partial charge >= 0.3 is 6.09 Å². The molecule has 2 aromatic carbocycles. The van der Waals surface area contributed by atoms with Crippen LogP contribution < -0.4 is 21.9 Å². The first-order valence-electron chi connectivity index (χ1n) is 9.94. The highest BCUT2D eigenvalue weighted by molar-refractivity contribution is 5.87. The van der Waals surface area contributed by atoms with E-state index in [0.717, 1.165) is 28.6 Å². The number of para-hydroxylation sites is 1. The van der Waals surface area contributed by atoms with Crippen molar-refractivity contribution in [3.63, 3.8) is 0 Å². The molecule has 1 amide bonds. The van der Waals surface area contributed by atoms with Gasteiger partial charge in [0, 0.05) is 31.4 Å². The summed E-state index contributed by atoms with van der Waals surface area (Å²) in [5, 5.41) is 0. The molecule has 2 atom stereocenters. The summed E-state index contributed by atoms with van der Waals surface area (Å²) < 4.78 is 7.12. The van der Waals surface area contributed by atoms with Crippen LogP contribution in [0.4, 0.5) is 10.5 Å². The van der Waals surface area contributed by atoms with Crippen LogP contribution in [-0.2, 0) is 11.3 Å². The Morgan fingerprint density at radius 2 is 1.50 bits per heavy atom. The average molecular weight is 445 g/mol. The van der Waals surface area contributed by atoms with Crippen molar-refractivity contribution in [1.29, 1.82) is 0 Å². The Balaban J connectivity index is 0.00000225. The lowest BCUT2D eigenvalue weighted by atomic mass is 9.98. The summed E-state index contributed by atoms with van der Waals surface area (Å²) in [7, 11) is 4.65. The second-order valence-corrected chi connectivity index (χ2v) is 8.40. The van der Waals surface area contributed by atoms with Gasteiger partial charge in [0.05, 0.1) is 32.7 Å². The normalized spacial score (nSPS) is 24.9. The van der Waals surface area contributed by atoms with Crippen molar-refractivity contribution in [2.24, 2.45) is 0 Å². The minimum Gasteiger partial charge on any atom is -1.00 e. The van der Waals surface area contributed by atoms with Gasteiger partial charge in [-0.25, -0.2) is 4.79 Å². The summed E-state index contributed by atoms with van der Waals surface area (Å²) >= 11 is 0. The summed E-state index contributed by atoms with van der Waals surface area (Å²) in [5.41, 5.74) is 1.97. The number of halogens is 1. The van der Waals surface area contributed by atoms with Crippen molar-refractivity contribution in [2.45, 2.75) is 50.4 Å². The predicted octanol–water partition coefficient (Wildman–Crippen LogP) is 1.60. The lowest BCUT2D eigenvalue weighted by Gasteiger charge is -2.44. The van der Waals surface area contributed by atoms with Crippen molar-refractivity contribution >= 4 is 11.8 Å². The van der Waals surface area contributed by atoms with E-state index in [9.17, 15) is 4.79 Å². The summed E-state index contributed by atoms with van der Waals surface area (Å²) in [4.78, 5) is 14.9. The van der Waals surface area contributed by atoms with Crippen LogP contribution in [0.1, 0.15) is 31.2 Å². The summed E-state index contributed by atoms with van der Waals surface area (Å²) in [6.45, 7) is 0.519. The molecule has 2 saturated heterocycles. The van der Waals surface area contributed by atoms with E-state index in [0.29, 0.717) is 18.6 Å². The molecule has 2 heterocycles. The van der Waals surface area contributed by atoms with Gasteiger partial charge in [-0.2, -0.15) is 0 Å². The molecule has 0 saturated carbocycles. The number of nitrogens with zero attached hydrogens (tertiary/aromatic N) is 2. The number of amides is 1. The number of hydrogen-bond acceptors (Lipinski definition) is 2. The van der Waals surface area contributed by atoms with Gasteiger partial charge in [0.2, 0.25) is 0 Å². The number of anilines is 1. The van der Waals surface area contributed by atoms with Gasteiger partial charge in [0.15, 0.2) is 0 Å². The fourth-order valence-electron chi connectivity index (χ4n) is 4.77. The minimum atomic E-state index is -0.235. The first-order chi connectivity index (χ1) is 13.0. The number of hydrogen-bond donors (Lipinski definition) is 0.